The first-order valence-corrected chi connectivity index (χ1v) is 7.14. The van der Waals surface area contributed by atoms with Crippen molar-refractivity contribution in [2.75, 3.05) is 0 Å². The second kappa shape index (κ2) is 5.20. The van der Waals surface area contributed by atoms with Gasteiger partial charge in [-0.25, -0.2) is 13.1 Å². The average Bonchev–Trinajstić information content (AvgIpc) is 2.59. The largest absolute Gasteiger partial charge is 0.352 e. The molecular weight excluding hydrogens is 238 g/mol. The SMILES string of the molecule is CC(C)C(C)NS(=O)(=O)c1cc(CN)n(C)c1. The van der Waals surface area contributed by atoms with Gasteiger partial charge in [0.2, 0.25) is 10.0 Å². The Hall–Kier alpha value is -0.850. The van der Waals surface area contributed by atoms with E-state index in [4.69, 9.17) is 5.73 Å². The van der Waals surface area contributed by atoms with Crippen molar-refractivity contribution >= 4 is 10.0 Å². The summed E-state index contributed by atoms with van der Waals surface area (Å²) in [4.78, 5) is 0.271. The average molecular weight is 259 g/mol. The second-order valence-corrected chi connectivity index (χ2v) is 6.35. The fraction of sp³-hybridized carbons (Fsp3) is 0.636. The molecule has 1 unspecified atom stereocenters. The van der Waals surface area contributed by atoms with Gasteiger partial charge in [0, 0.05) is 31.5 Å². The van der Waals surface area contributed by atoms with E-state index in [2.05, 4.69) is 4.72 Å². The van der Waals surface area contributed by atoms with Gasteiger partial charge in [-0.15, -0.1) is 0 Å². The Morgan fingerprint density at radius 2 is 2.00 bits per heavy atom. The third-order valence-electron chi connectivity index (χ3n) is 2.94. The van der Waals surface area contributed by atoms with Gasteiger partial charge in [-0.2, -0.15) is 0 Å². The molecular formula is C11H21N3O2S. The molecule has 6 heteroatoms. The van der Waals surface area contributed by atoms with Gasteiger partial charge < -0.3 is 10.3 Å². The Balaban J connectivity index is 2.97. The van der Waals surface area contributed by atoms with E-state index in [0.717, 1.165) is 5.69 Å². The van der Waals surface area contributed by atoms with E-state index in [1.54, 1.807) is 23.9 Å². The van der Waals surface area contributed by atoms with Crippen molar-refractivity contribution in [3.63, 3.8) is 0 Å². The maximum absolute atomic E-state index is 12.1. The van der Waals surface area contributed by atoms with Crippen LogP contribution in [0.25, 0.3) is 0 Å². The van der Waals surface area contributed by atoms with Gasteiger partial charge in [0.1, 0.15) is 0 Å². The number of aryl methyl sites for hydroxylation is 1. The molecule has 0 radical (unpaired) electrons. The minimum absolute atomic E-state index is 0.0958. The van der Waals surface area contributed by atoms with E-state index in [9.17, 15) is 8.42 Å². The van der Waals surface area contributed by atoms with Gasteiger partial charge in [-0.3, -0.25) is 0 Å². The molecule has 0 aliphatic carbocycles. The molecule has 0 fully saturated rings. The molecule has 0 aliphatic rings. The summed E-state index contributed by atoms with van der Waals surface area (Å²) in [5.74, 6) is 0.252. The van der Waals surface area contributed by atoms with Crippen molar-refractivity contribution in [1.82, 2.24) is 9.29 Å². The second-order valence-electron chi connectivity index (χ2n) is 4.64. The highest BCUT2D eigenvalue weighted by Gasteiger charge is 2.21. The number of rotatable bonds is 5. The molecule has 1 rings (SSSR count). The minimum atomic E-state index is -3.44. The molecule has 0 bridgehead atoms. The molecule has 0 spiro atoms. The first-order chi connectivity index (χ1) is 7.77. The molecule has 98 valence electrons. The van der Waals surface area contributed by atoms with Crippen molar-refractivity contribution in [2.24, 2.45) is 18.7 Å². The highest BCUT2D eigenvalue weighted by molar-refractivity contribution is 7.89. The summed E-state index contributed by atoms with van der Waals surface area (Å²) >= 11 is 0. The Morgan fingerprint density at radius 1 is 1.41 bits per heavy atom. The predicted octanol–water partition coefficient (Wildman–Crippen LogP) is 0.807. The third-order valence-corrected chi connectivity index (χ3v) is 4.47. The van der Waals surface area contributed by atoms with E-state index >= 15 is 0 Å². The molecule has 1 aromatic heterocycles. The Bertz CT molecular complexity index is 477. The molecule has 0 aromatic carbocycles. The van der Waals surface area contributed by atoms with Crippen LogP contribution in [0, 0.1) is 5.92 Å². The lowest BCUT2D eigenvalue weighted by Crippen LogP contribution is -2.35. The van der Waals surface area contributed by atoms with Gasteiger partial charge in [-0.05, 0) is 18.9 Å². The zero-order valence-electron chi connectivity index (χ0n) is 10.8. The van der Waals surface area contributed by atoms with E-state index in [0.29, 0.717) is 6.54 Å². The highest BCUT2D eigenvalue weighted by atomic mass is 32.2. The van der Waals surface area contributed by atoms with Crippen LogP contribution in [-0.2, 0) is 23.6 Å². The maximum atomic E-state index is 12.1. The fourth-order valence-corrected chi connectivity index (χ4v) is 2.86. The lowest BCUT2D eigenvalue weighted by Gasteiger charge is -2.16. The number of nitrogens with zero attached hydrogens (tertiary/aromatic N) is 1. The summed E-state index contributed by atoms with van der Waals surface area (Å²) < 4.78 is 28.5. The number of nitrogens with two attached hydrogens (primary N) is 1. The molecule has 1 aromatic rings. The quantitative estimate of drug-likeness (QED) is 0.821. The third kappa shape index (κ3) is 3.31. The monoisotopic (exact) mass is 259 g/mol. The highest BCUT2D eigenvalue weighted by Crippen LogP contribution is 2.14. The number of hydrogen-bond donors (Lipinski definition) is 2. The Kier molecular flexibility index (Phi) is 4.35. The van der Waals surface area contributed by atoms with Crippen molar-refractivity contribution in [3.05, 3.63) is 18.0 Å². The van der Waals surface area contributed by atoms with Gasteiger partial charge in [-0.1, -0.05) is 13.8 Å². The van der Waals surface area contributed by atoms with Crippen LogP contribution >= 0.6 is 0 Å². The van der Waals surface area contributed by atoms with Crippen LogP contribution < -0.4 is 10.5 Å². The van der Waals surface area contributed by atoms with E-state index in [1.165, 1.54) is 0 Å². The number of hydrogen-bond acceptors (Lipinski definition) is 3. The molecule has 3 N–H and O–H groups in total. The predicted molar refractivity (Wildman–Crippen MR) is 67.9 cm³/mol. The molecule has 17 heavy (non-hydrogen) atoms. The van der Waals surface area contributed by atoms with E-state index < -0.39 is 10.0 Å². The van der Waals surface area contributed by atoms with Crippen molar-refractivity contribution in [2.45, 2.75) is 38.3 Å². The zero-order valence-corrected chi connectivity index (χ0v) is 11.6. The van der Waals surface area contributed by atoms with Crippen LogP contribution in [0.1, 0.15) is 26.5 Å². The van der Waals surface area contributed by atoms with Crippen molar-refractivity contribution < 1.29 is 8.42 Å². The van der Waals surface area contributed by atoms with Crippen LogP contribution in [-0.4, -0.2) is 19.0 Å². The fourth-order valence-electron chi connectivity index (χ4n) is 1.38. The summed E-state index contributed by atoms with van der Waals surface area (Å²) in [6.45, 7) is 6.13. The Morgan fingerprint density at radius 3 is 2.41 bits per heavy atom. The molecule has 5 nitrogen and oxygen atoms in total. The summed E-state index contributed by atoms with van der Waals surface area (Å²) in [5.41, 5.74) is 6.31. The number of aromatic nitrogens is 1. The van der Waals surface area contributed by atoms with Crippen molar-refractivity contribution in [1.29, 1.82) is 0 Å². The summed E-state index contributed by atoms with van der Waals surface area (Å²) in [5, 5.41) is 0. The lowest BCUT2D eigenvalue weighted by molar-refractivity contribution is 0.476. The van der Waals surface area contributed by atoms with E-state index in [-0.39, 0.29) is 16.9 Å². The molecule has 1 atom stereocenters. The first kappa shape index (κ1) is 14.2. The van der Waals surface area contributed by atoms with E-state index in [1.807, 2.05) is 20.8 Å². The van der Waals surface area contributed by atoms with Crippen LogP contribution in [0.15, 0.2) is 17.2 Å². The smallest absolute Gasteiger partial charge is 0.242 e. The Labute approximate surface area is 103 Å². The van der Waals surface area contributed by atoms with Gasteiger partial charge in [0.15, 0.2) is 0 Å². The van der Waals surface area contributed by atoms with Crippen LogP contribution in [0.4, 0.5) is 0 Å². The summed E-state index contributed by atoms with van der Waals surface area (Å²) in [7, 11) is -1.66. The lowest BCUT2D eigenvalue weighted by atomic mass is 10.1. The van der Waals surface area contributed by atoms with Gasteiger partial charge in [0.25, 0.3) is 0 Å². The summed E-state index contributed by atoms with van der Waals surface area (Å²) in [6.07, 6.45) is 1.58. The first-order valence-electron chi connectivity index (χ1n) is 5.65. The molecule has 0 amide bonds. The summed E-state index contributed by atoms with van der Waals surface area (Å²) in [6, 6.07) is 1.51. The minimum Gasteiger partial charge on any atom is -0.352 e. The number of nitrogens with one attached hydrogen (secondary N) is 1. The zero-order chi connectivity index (χ0) is 13.2. The van der Waals surface area contributed by atoms with Crippen LogP contribution in [0.3, 0.4) is 0 Å². The van der Waals surface area contributed by atoms with Gasteiger partial charge in [0.05, 0.1) is 4.90 Å². The molecule has 0 saturated heterocycles. The normalized spacial score (nSPS) is 14.2. The molecule has 0 saturated carbocycles. The van der Waals surface area contributed by atoms with Crippen LogP contribution in [0.2, 0.25) is 0 Å². The maximum Gasteiger partial charge on any atom is 0.242 e. The molecule has 0 aliphatic heterocycles. The number of sulfonamides is 1. The van der Waals surface area contributed by atoms with Crippen LogP contribution in [0.5, 0.6) is 0 Å². The topological polar surface area (TPSA) is 77.1 Å². The standard InChI is InChI=1S/C11H21N3O2S/c1-8(2)9(3)13-17(15,16)11-5-10(6-12)14(4)7-11/h5,7-9,13H,6,12H2,1-4H3. The molecule has 1 heterocycles. The van der Waals surface area contributed by atoms with Crippen molar-refractivity contribution in [3.8, 4) is 0 Å². The van der Waals surface area contributed by atoms with Gasteiger partial charge >= 0.3 is 0 Å².